The fraction of sp³-hybridized carbons (Fsp3) is 0.588. The summed E-state index contributed by atoms with van der Waals surface area (Å²) in [7, 11) is 0. The molecule has 1 amide bonds. The van der Waals surface area contributed by atoms with Crippen LogP contribution in [-0.4, -0.2) is 23.9 Å². The number of benzene rings is 1. The summed E-state index contributed by atoms with van der Waals surface area (Å²) in [6, 6.07) is 7.74. The van der Waals surface area contributed by atoms with Gasteiger partial charge >= 0.3 is 0 Å². The minimum atomic E-state index is 0.174. The fourth-order valence-electron chi connectivity index (χ4n) is 3.82. The van der Waals surface area contributed by atoms with Gasteiger partial charge in [0.1, 0.15) is 0 Å². The Balaban J connectivity index is 1.66. The molecule has 3 rings (SSSR count). The molecule has 1 saturated carbocycles. The molecule has 0 bridgehead atoms. The zero-order chi connectivity index (χ0) is 14.0. The maximum atomic E-state index is 12.6. The van der Waals surface area contributed by atoms with Gasteiger partial charge in [0, 0.05) is 25.2 Å². The van der Waals surface area contributed by atoms with E-state index in [0.29, 0.717) is 12.0 Å². The molecule has 1 heterocycles. The molecule has 1 saturated heterocycles. The normalized spacial score (nSPS) is 21.4. The standard InChI is InChI=1S/C17H24N2O/c18-13-14-4-3-5-15(12-14)16(20)19-10-8-17(9-11-19)6-1-2-7-17/h3-5,12H,1-2,6-11,13,18H2. The average Bonchev–Trinajstić information content (AvgIpc) is 2.96. The zero-order valence-electron chi connectivity index (χ0n) is 12.1. The Labute approximate surface area is 121 Å². The van der Waals surface area contributed by atoms with Gasteiger partial charge in [0.05, 0.1) is 0 Å². The maximum Gasteiger partial charge on any atom is 0.253 e. The average molecular weight is 272 g/mol. The van der Waals surface area contributed by atoms with Gasteiger partial charge in [0.2, 0.25) is 0 Å². The van der Waals surface area contributed by atoms with Gasteiger partial charge in [-0.05, 0) is 48.8 Å². The van der Waals surface area contributed by atoms with Crippen LogP contribution in [0.3, 0.4) is 0 Å². The van der Waals surface area contributed by atoms with Crippen molar-refractivity contribution < 1.29 is 4.79 Å². The third-order valence-electron chi connectivity index (χ3n) is 5.19. The van der Waals surface area contributed by atoms with Crippen molar-refractivity contribution in [1.82, 2.24) is 4.90 Å². The second kappa shape index (κ2) is 5.57. The number of carbonyl (C=O) groups excluding carboxylic acids is 1. The summed E-state index contributed by atoms with van der Waals surface area (Å²) >= 11 is 0. The Hall–Kier alpha value is -1.35. The first kappa shape index (κ1) is 13.6. The van der Waals surface area contributed by atoms with Crippen LogP contribution in [-0.2, 0) is 6.54 Å². The highest BCUT2D eigenvalue weighted by atomic mass is 16.2. The quantitative estimate of drug-likeness (QED) is 0.899. The highest BCUT2D eigenvalue weighted by molar-refractivity contribution is 5.94. The van der Waals surface area contributed by atoms with Crippen molar-refractivity contribution in [2.75, 3.05) is 13.1 Å². The van der Waals surface area contributed by atoms with Gasteiger partial charge in [-0.15, -0.1) is 0 Å². The predicted molar refractivity (Wildman–Crippen MR) is 80.4 cm³/mol. The molecular formula is C17H24N2O. The Kier molecular flexibility index (Phi) is 3.79. The summed E-state index contributed by atoms with van der Waals surface area (Å²) in [5.41, 5.74) is 8.03. The van der Waals surface area contributed by atoms with E-state index in [-0.39, 0.29) is 5.91 Å². The molecule has 2 N–H and O–H groups in total. The molecule has 1 aliphatic carbocycles. The SMILES string of the molecule is NCc1cccc(C(=O)N2CCC3(CCCC3)CC2)c1. The summed E-state index contributed by atoms with van der Waals surface area (Å²) in [4.78, 5) is 14.6. The number of amides is 1. The molecule has 0 atom stereocenters. The first-order valence-corrected chi connectivity index (χ1v) is 7.81. The van der Waals surface area contributed by atoms with Crippen LogP contribution < -0.4 is 5.73 Å². The van der Waals surface area contributed by atoms with Gasteiger partial charge in [0.25, 0.3) is 5.91 Å². The second-order valence-corrected chi connectivity index (χ2v) is 6.40. The number of carbonyl (C=O) groups is 1. The van der Waals surface area contributed by atoms with Crippen molar-refractivity contribution in [2.24, 2.45) is 11.1 Å². The molecule has 2 fully saturated rings. The van der Waals surface area contributed by atoms with Gasteiger partial charge in [0.15, 0.2) is 0 Å². The van der Waals surface area contributed by atoms with Crippen LogP contribution >= 0.6 is 0 Å². The number of rotatable bonds is 2. The van der Waals surface area contributed by atoms with Crippen LogP contribution in [0.15, 0.2) is 24.3 Å². The Morgan fingerprint density at radius 2 is 1.85 bits per heavy atom. The van der Waals surface area contributed by atoms with Crippen molar-refractivity contribution in [1.29, 1.82) is 0 Å². The minimum absolute atomic E-state index is 0.174. The Morgan fingerprint density at radius 1 is 1.15 bits per heavy atom. The zero-order valence-corrected chi connectivity index (χ0v) is 12.1. The van der Waals surface area contributed by atoms with E-state index in [1.807, 2.05) is 29.2 Å². The van der Waals surface area contributed by atoms with Gasteiger partial charge in [-0.2, -0.15) is 0 Å². The molecule has 1 spiro atoms. The van der Waals surface area contributed by atoms with E-state index in [1.54, 1.807) is 0 Å². The van der Waals surface area contributed by atoms with Gasteiger partial charge in [-0.25, -0.2) is 0 Å². The van der Waals surface area contributed by atoms with Crippen molar-refractivity contribution in [2.45, 2.75) is 45.1 Å². The number of hydrogen-bond acceptors (Lipinski definition) is 2. The van der Waals surface area contributed by atoms with E-state index >= 15 is 0 Å². The molecule has 1 aliphatic heterocycles. The second-order valence-electron chi connectivity index (χ2n) is 6.40. The maximum absolute atomic E-state index is 12.6. The molecular weight excluding hydrogens is 248 g/mol. The van der Waals surface area contributed by atoms with Crippen LogP contribution in [0.4, 0.5) is 0 Å². The topological polar surface area (TPSA) is 46.3 Å². The van der Waals surface area contributed by atoms with E-state index in [9.17, 15) is 4.79 Å². The molecule has 2 aliphatic rings. The summed E-state index contributed by atoms with van der Waals surface area (Å²) in [6.45, 7) is 2.33. The summed E-state index contributed by atoms with van der Waals surface area (Å²) in [5, 5.41) is 0. The third-order valence-corrected chi connectivity index (χ3v) is 5.19. The number of piperidine rings is 1. The largest absolute Gasteiger partial charge is 0.339 e. The summed E-state index contributed by atoms with van der Waals surface area (Å²) in [6.07, 6.45) is 7.89. The van der Waals surface area contributed by atoms with Crippen LogP contribution in [0.25, 0.3) is 0 Å². The summed E-state index contributed by atoms with van der Waals surface area (Å²) in [5.74, 6) is 0.174. The predicted octanol–water partition coefficient (Wildman–Crippen LogP) is 2.94. The molecule has 3 nitrogen and oxygen atoms in total. The van der Waals surface area contributed by atoms with E-state index in [2.05, 4.69) is 0 Å². The van der Waals surface area contributed by atoms with E-state index < -0.39 is 0 Å². The Morgan fingerprint density at radius 3 is 2.50 bits per heavy atom. The van der Waals surface area contributed by atoms with Crippen molar-refractivity contribution >= 4 is 5.91 Å². The lowest BCUT2D eigenvalue weighted by Crippen LogP contribution is -2.42. The van der Waals surface area contributed by atoms with Crippen molar-refractivity contribution in [3.05, 3.63) is 35.4 Å². The number of likely N-dealkylation sites (tertiary alicyclic amines) is 1. The van der Waals surface area contributed by atoms with E-state index in [0.717, 1.165) is 24.2 Å². The third kappa shape index (κ3) is 2.59. The smallest absolute Gasteiger partial charge is 0.253 e. The van der Waals surface area contributed by atoms with E-state index in [4.69, 9.17) is 5.73 Å². The molecule has 0 radical (unpaired) electrons. The molecule has 20 heavy (non-hydrogen) atoms. The molecule has 0 unspecified atom stereocenters. The van der Waals surface area contributed by atoms with Crippen LogP contribution in [0.1, 0.15) is 54.4 Å². The lowest BCUT2D eigenvalue weighted by Gasteiger charge is -2.39. The highest BCUT2D eigenvalue weighted by Crippen LogP contribution is 2.46. The van der Waals surface area contributed by atoms with Crippen LogP contribution in [0.5, 0.6) is 0 Å². The van der Waals surface area contributed by atoms with Gasteiger partial charge in [-0.3, -0.25) is 4.79 Å². The minimum Gasteiger partial charge on any atom is -0.339 e. The fourth-order valence-corrected chi connectivity index (χ4v) is 3.82. The monoisotopic (exact) mass is 272 g/mol. The molecule has 0 aromatic heterocycles. The lowest BCUT2D eigenvalue weighted by atomic mass is 9.77. The highest BCUT2D eigenvalue weighted by Gasteiger charge is 2.37. The number of nitrogens with zero attached hydrogens (tertiary/aromatic N) is 1. The van der Waals surface area contributed by atoms with E-state index in [1.165, 1.54) is 38.5 Å². The molecule has 108 valence electrons. The molecule has 1 aromatic rings. The molecule has 1 aromatic carbocycles. The number of hydrogen-bond donors (Lipinski definition) is 1. The van der Waals surface area contributed by atoms with Gasteiger partial charge < -0.3 is 10.6 Å². The van der Waals surface area contributed by atoms with Crippen molar-refractivity contribution in [3.63, 3.8) is 0 Å². The lowest BCUT2D eigenvalue weighted by molar-refractivity contribution is 0.0587. The van der Waals surface area contributed by atoms with Crippen LogP contribution in [0, 0.1) is 5.41 Å². The Bertz CT molecular complexity index is 482. The molecule has 3 heteroatoms. The first-order valence-electron chi connectivity index (χ1n) is 7.81. The van der Waals surface area contributed by atoms with Crippen LogP contribution in [0.2, 0.25) is 0 Å². The number of nitrogens with two attached hydrogens (primary N) is 1. The first-order chi connectivity index (χ1) is 9.72. The van der Waals surface area contributed by atoms with Gasteiger partial charge in [-0.1, -0.05) is 25.0 Å². The van der Waals surface area contributed by atoms with Crippen molar-refractivity contribution in [3.8, 4) is 0 Å². The summed E-state index contributed by atoms with van der Waals surface area (Å²) < 4.78 is 0.